The van der Waals surface area contributed by atoms with Gasteiger partial charge in [0.05, 0.1) is 5.75 Å². The quantitative estimate of drug-likeness (QED) is 0.395. The molecule has 1 fully saturated rings. The fourth-order valence-electron chi connectivity index (χ4n) is 3.47. The van der Waals surface area contributed by atoms with E-state index < -0.39 is 5.41 Å². The Bertz CT molecular complexity index is 977. The largest absolute Gasteiger partial charge is 0.353 e. The molecule has 1 N–H and O–H groups in total. The molecule has 0 bridgehead atoms. The van der Waals surface area contributed by atoms with E-state index in [0.717, 1.165) is 11.3 Å². The maximum absolute atomic E-state index is 12.7. The van der Waals surface area contributed by atoms with E-state index in [2.05, 4.69) is 20.2 Å². The lowest BCUT2D eigenvalue weighted by Crippen LogP contribution is -2.56. The van der Waals surface area contributed by atoms with Gasteiger partial charge in [-0.25, -0.2) is 9.97 Å². The molecule has 1 aromatic carbocycles. The molecule has 0 radical (unpaired) electrons. The van der Waals surface area contributed by atoms with Crippen LogP contribution < -0.4 is 10.2 Å². The van der Waals surface area contributed by atoms with Gasteiger partial charge in [0.1, 0.15) is 11.0 Å². The van der Waals surface area contributed by atoms with Gasteiger partial charge >= 0.3 is 0 Å². The molecule has 1 saturated heterocycles. The maximum atomic E-state index is 12.7. The third-order valence-electron chi connectivity index (χ3n) is 5.18. The number of rotatable bonds is 5. The van der Waals surface area contributed by atoms with Crippen molar-refractivity contribution in [2.45, 2.75) is 45.8 Å². The first kappa shape index (κ1) is 24.3. The van der Waals surface area contributed by atoms with Crippen molar-refractivity contribution in [3.8, 4) is 0 Å². The number of thioether (sulfide) groups is 1. The Kier molecular flexibility index (Phi) is 7.67. The van der Waals surface area contributed by atoms with Crippen LogP contribution in [0.5, 0.6) is 0 Å². The Hall–Kier alpha value is -2.32. The molecule has 7 nitrogen and oxygen atoms in total. The van der Waals surface area contributed by atoms with Crippen molar-refractivity contribution in [1.82, 2.24) is 14.9 Å². The minimum Gasteiger partial charge on any atom is -0.353 e. The number of halogens is 1. The van der Waals surface area contributed by atoms with Crippen molar-refractivity contribution in [3.05, 3.63) is 41.0 Å². The summed E-state index contributed by atoms with van der Waals surface area (Å²) in [6.45, 7) is 11.8. The Morgan fingerprint density at radius 3 is 2.50 bits per heavy atom. The van der Waals surface area contributed by atoms with Crippen LogP contribution >= 0.6 is 23.4 Å². The molecule has 2 heterocycles. The fourth-order valence-corrected chi connectivity index (χ4v) is 4.36. The topological polar surface area (TPSA) is 78.4 Å². The van der Waals surface area contributed by atoms with E-state index >= 15 is 0 Å². The fraction of sp³-hybridized carbons (Fsp3) is 0.478. The Balaban J connectivity index is 1.61. The molecule has 9 heteroatoms. The number of hydrogen-bond acceptors (Lipinski definition) is 6. The van der Waals surface area contributed by atoms with Crippen LogP contribution in [0.1, 0.15) is 33.3 Å². The van der Waals surface area contributed by atoms with E-state index in [1.807, 2.05) is 63.8 Å². The molecule has 1 aliphatic heterocycles. The molecule has 2 amide bonds. The third kappa shape index (κ3) is 6.36. The van der Waals surface area contributed by atoms with Crippen molar-refractivity contribution in [3.63, 3.8) is 0 Å². The summed E-state index contributed by atoms with van der Waals surface area (Å²) in [4.78, 5) is 37.9. The minimum absolute atomic E-state index is 0.0561. The van der Waals surface area contributed by atoms with Crippen LogP contribution in [0.2, 0.25) is 5.15 Å². The number of carbonyl (C=O) groups excluding carboxylic acids is 2. The zero-order valence-corrected chi connectivity index (χ0v) is 20.8. The normalized spacial score (nSPS) is 16.8. The second-order valence-corrected chi connectivity index (χ2v) is 10.4. The number of aromatic nitrogens is 2. The first-order valence-electron chi connectivity index (χ1n) is 10.6. The number of nitrogens with zero attached hydrogens (tertiary/aromatic N) is 4. The van der Waals surface area contributed by atoms with Crippen molar-refractivity contribution < 1.29 is 9.59 Å². The highest BCUT2D eigenvalue weighted by Gasteiger charge is 2.34. The van der Waals surface area contributed by atoms with Crippen molar-refractivity contribution >= 4 is 46.7 Å². The van der Waals surface area contributed by atoms with Crippen LogP contribution in [0.15, 0.2) is 35.5 Å². The predicted octanol–water partition coefficient (Wildman–Crippen LogP) is 4.25. The molecule has 2 aromatic rings. The van der Waals surface area contributed by atoms with Crippen molar-refractivity contribution in [2.24, 2.45) is 5.41 Å². The summed E-state index contributed by atoms with van der Waals surface area (Å²) in [5.74, 6) is 0.909. The molecule has 0 saturated carbocycles. The average Bonchev–Trinajstić information content (AvgIpc) is 2.72. The van der Waals surface area contributed by atoms with E-state index in [1.165, 1.54) is 11.8 Å². The molecule has 1 aliphatic rings. The first-order chi connectivity index (χ1) is 15.0. The second kappa shape index (κ2) is 10.1. The lowest BCUT2D eigenvalue weighted by molar-refractivity contribution is -0.142. The standard InChI is InChI=1S/C23H30ClN5O2S/c1-15-6-8-17(9-7-15)25-20(30)14-32-22-26-18(24)12-19(27-22)28-10-11-29(16(2)13-28)21(31)23(3,4)5/h6-9,12,16H,10-11,13-14H2,1-5H3,(H,25,30). The average molecular weight is 476 g/mol. The van der Waals surface area contributed by atoms with Crippen LogP contribution in [0.3, 0.4) is 0 Å². The van der Waals surface area contributed by atoms with Gasteiger partial charge < -0.3 is 15.1 Å². The third-order valence-corrected chi connectivity index (χ3v) is 6.22. The lowest BCUT2D eigenvalue weighted by Gasteiger charge is -2.42. The molecular weight excluding hydrogens is 446 g/mol. The molecule has 1 atom stereocenters. The summed E-state index contributed by atoms with van der Waals surface area (Å²) in [6, 6.07) is 9.43. The monoisotopic (exact) mass is 475 g/mol. The summed E-state index contributed by atoms with van der Waals surface area (Å²) in [7, 11) is 0. The number of amides is 2. The van der Waals surface area contributed by atoms with Crippen LogP contribution in [0, 0.1) is 12.3 Å². The first-order valence-corrected chi connectivity index (χ1v) is 12.0. The molecule has 0 aliphatic carbocycles. The molecule has 32 heavy (non-hydrogen) atoms. The van der Waals surface area contributed by atoms with E-state index in [1.54, 1.807) is 6.07 Å². The summed E-state index contributed by atoms with van der Waals surface area (Å²) < 4.78 is 0. The molecular formula is C23H30ClN5O2S. The smallest absolute Gasteiger partial charge is 0.234 e. The molecule has 3 rings (SSSR count). The number of benzene rings is 1. The van der Waals surface area contributed by atoms with Crippen molar-refractivity contribution in [2.75, 3.05) is 35.6 Å². The summed E-state index contributed by atoms with van der Waals surface area (Å²) >= 11 is 7.49. The number of hydrogen-bond donors (Lipinski definition) is 1. The van der Waals surface area contributed by atoms with E-state index in [-0.39, 0.29) is 23.6 Å². The van der Waals surface area contributed by atoms with E-state index in [9.17, 15) is 9.59 Å². The number of anilines is 2. The Labute approximate surface area is 198 Å². The molecule has 1 unspecified atom stereocenters. The minimum atomic E-state index is -0.405. The Morgan fingerprint density at radius 2 is 1.88 bits per heavy atom. The highest BCUT2D eigenvalue weighted by atomic mass is 35.5. The summed E-state index contributed by atoms with van der Waals surface area (Å²) in [5.41, 5.74) is 1.48. The van der Waals surface area contributed by atoms with Gasteiger partial charge in [-0.1, -0.05) is 61.8 Å². The van der Waals surface area contributed by atoms with E-state index in [0.29, 0.717) is 35.8 Å². The number of aryl methyl sites for hydroxylation is 1. The van der Waals surface area contributed by atoms with Gasteiger partial charge in [0, 0.05) is 42.8 Å². The van der Waals surface area contributed by atoms with Gasteiger partial charge in [-0.2, -0.15) is 0 Å². The highest BCUT2D eigenvalue weighted by molar-refractivity contribution is 7.99. The lowest BCUT2D eigenvalue weighted by atomic mass is 9.93. The molecule has 1 aromatic heterocycles. The van der Waals surface area contributed by atoms with Crippen LogP contribution in [-0.4, -0.2) is 58.1 Å². The zero-order valence-electron chi connectivity index (χ0n) is 19.2. The van der Waals surface area contributed by atoms with Gasteiger partial charge in [0.15, 0.2) is 5.16 Å². The van der Waals surface area contributed by atoms with Crippen molar-refractivity contribution in [1.29, 1.82) is 0 Å². The van der Waals surface area contributed by atoms with Gasteiger partial charge in [-0.3, -0.25) is 9.59 Å². The number of nitrogens with one attached hydrogen (secondary N) is 1. The summed E-state index contributed by atoms with van der Waals surface area (Å²) in [5, 5.41) is 3.65. The Morgan fingerprint density at radius 1 is 1.19 bits per heavy atom. The number of carbonyl (C=O) groups is 2. The van der Waals surface area contributed by atoms with Gasteiger partial charge in [0.2, 0.25) is 11.8 Å². The SMILES string of the molecule is Cc1ccc(NC(=O)CSc2nc(Cl)cc(N3CCN(C(=O)C(C)(C)C)C(C)C3)n2)cc1. The van der Waals surface area contributed by atoms with E-state index in [4.69, 9.17) is 11.6 Å². The molecule has 0 spiro atoms. The van der Waals surface area contributed by atoms with Gasteiger partial charge in [-0.15, -0.1) is 0 Å². The zero-order chi connectivity index (χ0) is 23.5. The van der Waals surface area contributed by atoms with Crippen LogP contribution in [0.4, 0.5) is 11.5 Å². The number of piperazine rings is 1. The summed E-state index contributed by atoms with van der Waals surface area (Å²) in [6.07, 6.45) is 0. The van der Waals surface area contributed by atoms with Gasteiger partial charge in [0.25, 0.3) is 0 Å². The highest BCUT2D eigenvalue weighted by Crippen LogP contribution is 2.26. The predicted molar refractivity (Wildman–Crippen MR) is 130 cm³/mol. The maximum Gasteiger partial charge on any atom is 0.234 e. The second-order valence-electron chi connectivity index (χ2n) is 9.08. The van der Waals surface area contributed by atoms with Crippen LogP contribution in [-0.2, 0) is 9.59 Å². The van der Waals surface area contributed by atoms with Gasteiger partial charge in [-0.05, 0) is 26.0 Å². The van der Waals surface area contributed by atoms with Crippen LogP contribution in [0.25, 0.3) is 0 Å². The molecule has 172 valence electrons.